The van der Waals surface area contributed by atoms with Crippen molar-refractivity contribution in [1.82, 2.24) is 0 Å². The largest absolute Gasteiger partial charge is 0.469 e. The summed E-state index contributed by atoms with van der Waals surface area (Å²) in [5.41, 5.74) is 0. The van der Waals surface area contributed by atoms with Gasteiger partial charge in [-0.3, -0.25) is 9.59 Å². The summed E-state index contributed by atoms with van der Waals surface area (Å²) in [4.78, 5) is 21.6. The lowest BCUT2D eigenvalue weighted by molar-refractivity contribution is -0.140. The molecule has 0 aliphatic heterocycles. The molecular formula is C9H13NO3. The fourth-order valence-electron chi connectivity index (χ4n) is 0.852. The van der Waals surface area contributed by atoms with E-state index >= 15 is 0 Å². The molecule has 0 bridgehead atoms. The molecule has 0 aromatic carbocycles. The quantitative estimate of drug-likeness (QED) is 0.580. The van der Waals surface area contributed by atoms with E-state index in [1.54, 1.807) is 0 Å². The molecule has 0 aromatic rings. The summed E-state index contributed by atoms with van der Waals surface area (Å²) in [6, 6.07) is 1.90. The third-order valence-electron chi connectivity index (χ3n) is 1.58. The summed E-state index contributed by atoms with van der Waals surface area (Å²) in [7, 11) is 1.32. The van der Waals surface area contributed by atoms with Gasteiger partial charge in [0.25, 0.3) is 0 Å². The van der Waals surface area contributed by atoms with Crippen molar-refractivity contribution in [2.24, 2.45) is 0 Å². The van der Waals surface area contributed by atoms with Gasteiger partial charge in [0.15, 0.2) is 0 Å². The van der Waals surface area contributed by atoms with Crippen molar-refractivity contribution in [1.29, 1.82) is 5.26 Å². The van der Waals surface area contributed by atoms with Crippen molar-refractivity contribution >= 4 is 11.8 Å². The second-order valence-corrected chi connectivity index (χ2v) is 2.63. The molecule has 0 spiro atoms. The van der Waals surface area contributed by atoms with Crippen LogP contribution in [0.3, 0.4) is 0 Å². The van der Waals surface area contributed by atoms with E-state index in [0.29, 0.717) is 12.8 Å². The maximum absolute atomic E-state index is 11.0. The molecule has 4 heteroatoms. The molecule has 13 heavy (non-hydrogen) atoms. The van der Waals surface area contributed by atoms with E-state index in [1.165, 1.54) is 7.11 Å². The first-order valence-corrected chi connectivity index (χ1v) is 4.16. The number of esters is 1. The van der Waals surface area contributed by atoms with Gasteiger partial charge in [-0.1, -0.05) is 0 Å². The van der Waals surface area contributed by atoms with Gasteiger partial charge >= 0.3 is 5.97 Å². The lowest BCUT2D eigenvalue weighted by Gasteiger charge is -1.97. The zero-order chi connectivity index (χ0) is 10.1. The zero-order valence-electron chi connectivity index (χ0n) is 7.71. The summed E-state index contributed by atoms with van der Waals surface area (Å²) in [5, 5.41) is 8.19. The van der Waals surface area contributed by atoms with E-state index in [1.807, 2.05) is 6.07 Å². The first-order chi connectivity index (χ1) is 6.20. The van der Waals surface area contributed by atoms with E-state index in [-0.39, 0.29) is 31.0 Å². The van der Waals surface area contributed by atoms with Crippen LogP contribution in [0.1, 0.15) is 32.1 Å². The molecule has 0 fully saturated rings. The van der Waals surface area contributed by atoms with Crippen molar-refractivity contribution in [2.75, 3.05) is 7.11 Å². The lowest BCUT2D eigenvalue weighted by Crippen LogP contribution is -2.02. The fourth-order valence-corrected chi connectivity index (χ4v) is 0.852. The maximum Gasteiger partial charge on any atom is 0.305 e. The Morgan fingerprint density at radius 3 is 2.54 bits per heavy atom. The van der Waals surface area contributed by atoms with Crippen LogP contribution < -0.4 is 0 Å². The highest BCUT2D eigenvalue weighted by molar-refractivity contribution is 5.79. The predicted octanol–water partition coefficient (Wildman–Crippen LogP) is 1.20. The second kappa shape index (κ2) is 7.29. The first-order valence-electron chi connectivity index (χ1n) is 4.16. The number of hydrogen-bond acceptors (Lipinski definition) is 4. The molecular weight excluding hydrogens is 170 g/mol. The second-order valence-electron chi connectivity index (χ2n) is 2.63. The highest BCUT2D eigenvalue weighted by Gasteiger charge is 2.04. The van der Waals surface area contributed by atoms with Gasteiger partial charge in [-0.25, -0.2) is 0 Å². The molecule has 4 nitrogen and oxygen atoms in total. The Morgan fingerprint density at radius 2 is 2.00 bits per heavy atom. The van der Waals surface area contributed by atoms with Crippen molar-refractivity contribution in [3.8, 4) is 6.07 Å². The van der Waals surface area contributed by atoms with E-state index in [0.717, 1.165) is 0 Å². The number of Topliss-reactive ketones (excluding diaryl/α,β-unsaturated/α-hetero) is 1. The summed E-state index contributed by atoms with van der Waals surface area (Å²) in [6.07, 6.45) is 1.69. The van der Waals surface area contributed by atoms with Gasteiger partial charge in [-0.05, 0) is 6.42 Å². The van der Waals surface area contributed by atoms with Crippen LogP contribution in [0.15, 0.2) is 0 Å². The Bertz CT molecular complexity index is 217. The Morgan fingerprint density at radius 1 is 1.31 bits per heavy atom. The number of rotatable bonds is 6. The Labute approximate surface area is 77.5 Å². The number of nitrogens with zero attached hydrogens (tertiary/aromatic N) is 1. The molecule has 0 rings (SSSR count). The SMILES string of the molecule is COC(=O)CCCC(=O)CCC#N. The van der Waals surface area contributed by atoms with Gasteiger partial charge < -0.3 is 4.74 Å². The van der Waals surface area contributed by atoms with Crippen molar-refractivity contribution in [3.05, 3.63) is 0 Å². The van der Waals surface area contributed by atoms with Gasteiger partial charge in [-0.2, -0.15) is 5.26 Å². The van der Waals surface area contributed by atoms with Crippen LogP contribution in [0.25, 0.3) is 0 Å². The van der Waals surface area contributed by atoms with Crippen molar-refractivity contribution in [2.45, 2.75) is 32.1 Å². The number of carbonyl (C=O) groups excluding carboxylic acids is 2. The topological polar surface area (TPSA) is 67.2 Å². The molecule has 0 radical (unpaired) electrons. The number of hydrogen-bond donors (Lipinski definition) is 0. The van der Waals surface area contributed by atoms with Crippen LogP contribution in [0.2, 0.25) is 0 Å². The maximum atomic E-state index is 11.0. The average molecular weight is 183 g/mol. The Hall–Kier alpha value is -1.37. The minimum atomic E-state index is -0.298. The molecule has 72 valence electrons. The molecule has 0 unspecified atom stereocenters. The van der Waals surface area contributed by atoms with Crippen LogP contribution in [-0.4, -0.2) is 18.9 Å². The smallest absolute Gasteiger partial charge is 0.305 e. The molecule has 0 aromatic heterocycles. The van der Waals surface area contributed by atoms with Gasteiger partial charge in [0.1, 0.15) is 5.78 Å². The van der Waals surface area contributed by atoms with Crippen LogP contribution in [0, 0.1) is 11.3 Å². The van der Waals surface area contributed by atoms with Crippen LogP contribution >= 0.6 is 0 Å². The summed E-state index contributed by atoms with van der Waals surface area (Å²) in [6.45, 7) is 0. The van der Waals surface area contributed by atoms with E-state index < -0.39 is 0 Å². The number of ether oxygens (including phenoxy) is 1. The highest BCUT2D eigenvalue weighted by Crippen LogP contribution is 2.01. The molecule has 0 amide bonds. The third kappa shape index (κ3) is 7.01. The van der Waals surface area contributed by atoms with Gasteiger partial charge in [0, 0.05) is 25.7 Å². The van der Waals surface area contributed by atoms with Crippen molar-refractivity contribution < 1.29 is 14.3 Å². The predicted molar refractivity (Wildman–Crippen MR) is 45.7 cm³/mol. The highest BCUT2D eigenvalue weighted by atomic mass is 16.5. The molecule has 0 heterocycles. The molecule has 0 atom stereocenters. The van der Waals surface area contributed by atoms with Gasteiger partial charge in [0.2, 0.25) is 0 Å². The standard InChI is InChI=1S/C9H13NO3/c1-13-9(12)6-2-4-8(11)5-3-7-10/h2-6H2,1H3. The van der Waals surface area contributed by atoms with Gasteiger partial charge in [0.05, 0.1) is 13.2 Å². The summed E-state index contributed by atoms with van der Waals surface area (Å²) in [5.74, 6) is -0.265. The molecule has 0 N–H and O–H groups in total. The molecule has 0 aliphatic carbocycles. The Balaban J connectivity index is 3.38. The van der Waals surface area contributed by atoms with Crippen LogP contribution in [0.4, 0.5) is 0 Å². The Kier molecular flexibility index (Phi) is 6.52. The van der Waals surface area contributed by atoms with E-state index in [2.05, 4.69) is 4.74 Å². The van der Waals surface area contributed by atoms with E-state index in [4.69, 9.17) is 5.26 Å². The van der Waals surface area contributed by atoms with Crippen molar-refractivity contribution in [3.63, 3.8) is 0 Å². The number of methoxy groups -OCH3 is 1. The number of nitriles is 1. The van der Waals surface area contributed by atoms with Crippen LogP contribution in [-0.2, 0) is 14.3 Å². The minimum Gasteiger partial charge on any atom is -0.469 e. The van der Waals surface area contributed by atoms with Gasteiger partial charge in [-0.15, -0.1) is 0 Å². The molecule has 0 saturated carbocycles. The molecule has 0 saturated heterocycles. The van der Waals surface area contributed by atoms with E-state index in [9.17, 15) is 9.59 Å². The minimum absolute atomic E-state index is 0.0328. The monoisotopic (exact) mass is 183 g/mol. The van der Waals surface area contributed by atoms with Crippen LogP contribution in [0.5, 0.6) is 0 Å². The normalized spacial score (nSPS) is 8.92. The summed E-state index contributed by atoms with van der Waals surface area (Å²) >= 11 is 0. The average Bonchev–Trinajstić information content (AvgIpc) is 2.14. The lowest BCUT2D eigenvalue weighted by atomic mass is 10.1. The third-order valence-corrected chi connectivity index (χ3v) is 1.58. The zero-order valence-corrected chi connectivity index (χ0v) is 7.71. The first kappa shape index (κ1) is 11.6. The number of ketones is 1. The summed E-state index contributed by atoms with van der Waals surface area (Å²) < 4.78 is 4.41. The number of carbonyl (C=O) groups is 2. The fraction of sp³-hybridized carbons (Fsp3) is 0.667. The molecule has 0 aliphatic rings.